The molecule has 3 aromatic rings. The summed E-state index contributed by atoms with van der Waals surface area (Å²) in [5, 5.41) is 4.42. The molecule has 3 heterocycles. The summed E-state index contributed by atoms with van der Waals surface area (Å²) >= 11 is 1.37. The maximum atomic E-state index is 6.01. The lowest BCUT2D eigenvalue weighted by molar-refractivity contribution is 0.880. The molecule has 3 N–H and O–H groups in total. The average Bonchev–Trinajstić information content (AvgIpc) is 2.89. The van der Waals surface area contributed by atoms with Crippen LogP contribution in [0.5, 0.6) is 0 Å². The maximum absolute atomic E-state index is 6.01. The van der Waals surface area contributed by atoms with E-state index in [4.69, 9.17) is 5.73 Å². The largest absolute Gasteiger partial charge is 0.382 e. The minimum atomic E-state index is 0.124. The third-order valence-electron chi connectivity index (χ3n) is 3.22. The molecule has 0 spiro atoms. The number of nitrogens with zero attached hydrogens (tertiary/aromatic N) is 3. The molecule has 106 valence electrons. The van der Waals surface area contributed by atoms with Crippen LogP contribution in [0.4, 0.5) is 10.8 Å². The van der Waals surface area contributed by atoms with Crippen LogP contribution in [0, 0.1) is 0 Å². The molecule has 0 aliphatic carbocycles. The van der Waals surface area contributed by atoms with Crippen LogP contribution in [0.1, 0.15) is 18.5 Å². The minimum absolute atomic E-state index is 0.124. The van der Waals surface area contributed by atoms with Gasteiger partial charge in [0.2, 0.25) is 0 Å². The van der Waals surface area contributed by atoms with Gasteiger partial charge >= 0.3 is 0 Å². The SMILES string of the molecule is CC(Nc1snc(N)c1-c1ccncc1)c1cccnc1. The highest BCUT2D eigenvalue weighted by Crippen LogP contribution is 2.38. The van der Waals surface area contributed by atoms with Crippen LogP contribution < -0.4 is 11.1 Å². The van der Waals surface area contributed by atoms with E-state index in [2.05, 4.69) is 26.6 Å². The van der Waals surface area contributed by atoms with Crippen LogP contribution >= 0.6 is 11.5 Å². The number of hydrogen-bond donors (Lipinski definition) is 2. The summed E-state index contributed by atoms with van der Waals surface area (Å²) < 4.78 is 4.26. The van der Waals surface area contributed by atoms with Crippen LogP contribution in [0.25, 0.3) is 11.1 Å². The van der Waals surface area contributed by atoms with Crippen molar-refractivity contribution in [3.63, 3.8) is 0 Å². The first-order chi connectivity index (χ1) is 10.3. The molecule has 1 atom stereocenters. The predicted octanol–water partition coefficient (Wildman–Crippen LogP) is 3.36. The van der Waals surface area contributed by atoms with E-state index in [0.717, 1.165) is 21.7 Å². The number of aromatic nitrogens is 3. The molecule has 0 bridgehead atoms. The van der Waals surface area contributed by atoms with Crippen molar-refractivity contribution in [2.45, 2.75) is 13.0 Å². The van der Waals surface area contributed by atoms with Gasteiger partial charge in [-0.2, -0.15) is 4.37 Å². The van der Waals surface area contributed by atoms with Crippen LogP contribution in [0.2, 0.25) is 0 Å². The second-order valence-corrected chi connectivity index (χ2v) is 5.43. The molecule has 1 unspecified atom stereocenters. The van der Waals surface area contributed by atoms with Gasteiger partial charge in [-0.05, 0) is 47.8 Å². The second-order valence-electron chi connectivity index (χ2n) is 4.66. The predicted molar refractivity (Wildman–Crippen MR) is 86.0 cm³/mol. The van der Waals surface area contributed by atoms with Crippen molar-refractivity contribution in [3.8, 4) is 11.1 Å². The van der Waals surface area contributed by atoms with E-state index in [1.807, 2.05) is 30.5 Å². The first kappa shape index (κ1) is 13.5. The summed E-state index contributed by atoms with van der Waals surface area (Å²) in [5.74, 6) is 0.534. The van der Waals surface area contributed by atoms with Crippen molar-refractivity contribution in [2.75, 3.05) is 11.1 Å². The van der Waals surface area contributed by atoms with Crippen LogP contribution in [0.15, 0.2) is 49.1 Å². The first-order valence-corrected chi connectivity index (χ1v) is 7.35. The Balaban J connectivity index is 1.91. The number of hydrogen-bond acceptors (Lipinski definition) is 6. The zero-order chi connectivity index (χ0) is 14.7. The highest BCUT2D eigenvalue weighted by Gasteiger charge is 2.16. The fourth-order valence-electron chi connectivity index (χ4n) is 2.11. The number of rotatable bonds is 4. The summed E-state index contributed by atoms with van der Waals surface area (Å²) in [7, 11) is 0. The summed E-state index contributed by atoms with van der Waals surface area (Å²) in [5.41, 5.74) is 9.07. The van der Waals surface area contributed by atoms with E-state index in [9.17, 15) is 0 Å². The number of nitrogen functional groups attached to an aromatic ring is 1. The molecule has 21 heavy (non-hydrogen) atoms. The highest BCUT2D eigenvalue weighted by molar-refractivity contribution is 7.11. The molecule has 3 rings (SSSR count). The Bertz CT molecular complexity index is 711. The van der Waals surface area contributed by atoms with Crippen molar-refractivity contribution >= 4 is 22.4 Å². The van der Waals surface area contributed by atoms with Gasteiger partial charge in [-0.25, -0.2) is 0 Å². The van der Waals surface area contributed by atoms with E-state index in [1.165, 1.54) is 11.5 Å². The first-order valence-electron chi connectivity index (χ1n) is 6.57. The van der Waals surface area contributed by atoms with Crippen LogP contribution in [-0.4, -0.2) is 14.3 Å². The van der Waals surface area contributed by atoms with E-state index in [1.54, 1.807) is 18.6 Å². The van der Waals surface area contributed by atoms with Crippen molar-refractivity contribution in [2.24, 2.45) is 0 Å². The molecule has 0 aromatic carbocycles. The summed E-state index contributed by atoms with van der Waals surface area (Å²) in [6.07, 6.45) is 7.12. The Labute approximate surface area is 127 Å². The van der Waals surface area contributed by atoms with Gasteiger partial charge in [-0.3, -0.25) is 9.97 Å². The number of pyridine rings is 2. The average molecular weight is 297 g/mol. The van der Waals surface area contributed by atoms with E-state index >= 15 is 0 Å². The molecule has 0 aliphatic rings. The lowest BCUT2D eigenvalue weighted by Gasteiger charge is -2.15. The molecular weight excluding hydrogens is 282 g/mol. The smallest absolute Gasteiger partial charge is 0.147 e. The lowest BCUT2D eigenvalue weighted by atomic mass is 10.1. The van der Waals surface area contributed by atoms with E-state index in [-0.39, 0.29) is 6.04 Å². The summed E-state index contributed by atoms with van der Waals surface area (Å²) in [6, 6.07) is 7.96. The summed E-state index contributed by atoms with van der Waals surface area (Å²) in [4.78, 5) is 8.18. The Hall–Kier alpha value is -2.47. The number of anilines is 2. The molecule has 0 radical (unpaired) electrons. The van der Waals surface area contributed by atoms with Gasteiger partial charge in [-0.15, -0.1) is 0 Å². The monoisotopic (exact) mass is 297 g/mol. The molecular formula is C15H15N5S. The normalized spacial score (nSPS) is 12.0. The van der Waals surface area contributed by atoms with Crippen molar-refractivity contribution < 1.29 is 0 Å². The van der Waals surface area contributed by atoms with Gasteiger partial charge in [0.15, 0.2) is 0 Å². The highest BCUT2D eigenvalue weighted by atomic mass is 32.1. The zero-order valence-corrected chi connectivity index (χ0v) is 12.3. The van der Waals surface area contributed by atoms with E-state index < -0.39 is 0 Å². The van der Waals surface area contributed by atoms with Crippen molar-refractivity contribution in [1.29, 1.82) is 0 Å². The second kappa shape index (κ2) is 5.88. The van der Waals surface area contributed by atoms with Gasteiger partial charge in [-0.1, -0.05) is 6.07 Å². The fraction of sp³-hybridized carbons (Fsp3) is 0.133. The number of nitrogens with one attached hydrogen (secondary N) is 1. The topological polar surface area (TPSA) is 76.7 Å². The zero-order valence-electron chi connectivity index (χ0n) is 11.5. The van der Waals surface area contributed by atoms with Gasteiger partial charge in [0.25, 0.3) is 0 Å². The maximum Gasteiger partial charge on any atom is 0.147 e. The lowest BCUT2D eigenvalue weighted by Crippen LogP contribution is -2.06. The molecule has 0 amide bonds. The molecule has 0 fully saturated rings. The Kier molecular flexibility index (Phi) is 3.79. The van der Waals surface area contributed by atoms with Crippen LogP contribution in [-0.2, 0) is 0 Å². The molecule has 6 heteroatoms. The molecule has 0 saturated heterocycles. The fourth-order valence-corrected chi connectivity index (χ4v) is 2.93. The molecule has 0 saturated carbocycles. The summed E-state index contributed by atoms with van der Waals surface area (Å²) in [6.45, 7) is 2.09. The molecule has 5 nitrogen and oxygen atoms in total. The molecule has 3 aromatic heterocycles. The third kappa shape index (κ3) is 2.85. The Morgan fingerprint density at radius 2 is 1.95 bits per heavy atom. The molecule has 0 aliphatic heterocycles. The van der Waals surface area contributed by atoms with Gasteiger partial charge < -0.3 is 11.1 Å². The van der Waals surface area contributed by atoms with E-state index in [0.29, 0.717) is 5.82 Å². The third-order valence-corrected chi connectivity index (χ3v) is 4.01. The van der Waals surface area contributed by atoms with Gasteiger partial charge in [0, 0.05) is 24.8 Å². The van der Waals surface area contributed by atoms with Gasteiger partial charge in [0.1, 0.15) is 10.8 Å². The Morgan fingerprint density at radius 3 is 2.67 bits per heavy atom. The van der Waals surface area contributed by atoms with Crippen molar-refractivity contribution in [1.82, 2.24) is 14.3 Å². The quantitative estimate of drug-likeness (QED) is 0.772. The standard InChI is InChI=1S/C15H15N5S/c1-10(12-3-2-6-18-9-12)19-15-13(14(16)20-21-15)11-4-7-17-8-5-11/h2-10,19H,1H3,(H2,16,20). The van der Waals surface area contributed by atoms with Gasteiger partial charge in [0.05, 0.1) is 11.6 Å². The Morgan fingerprint density at radius 1 is 1.14 bits per heavy atom. The number of nitrogens with two attached hydrogens (primary N) is 1. The van der Waals surface area contributed by atoms with Crippen LogP contribution in [0.3, 0.4) is 0 Å². The minimum Gasteiger partial charge on any atom is -0.382 e. The van der Waals surface area contributed by atoms with Crippen molar-refractivity contribution in [3.05, 3.63) is 54.6 Å².